The molecule has 0 bridgehead atoms. The van der Waals surface area contributed by atoms with Crippen LogP contribution in [0.25, 0.3) is 0 Å². The molecular weight excluding hydrogens is 232 g/mol. The fraction of sp³-hybridized carbons (Fsp3) is 0.875. The van der Waals surface area contributed by atoms with Crippen molar-refractivity contribution in [3.63, 3.8) is 0 Å². The molecule has 0 aliphatic heterocycles. The Morgan fingerprint density at radius 2 is 2.19 bits per heavy atom. The highest BCUT2D eigenvalue weighted by Crippen LogP contribution is 2.05. The lowest BCUT2D eigenvalue weighted by molar-refractivity contribution is 0.203. The molecule has 0 amide bonds. The number of nitrogens with two attached hydrogens (primary N) is 1. The first-order valence-corrected chi connectivity index (χ1v) is 6.29. The Morgan fingerprint density at radius 1 is 1.62 bits per heavy atom. The molecule has 0 saturated heterocycles. The molecule has 0 aromatic rings. The predicted octanol–water partition coefficient (Wildman–Crippen LogP) is -0.886. The summed E-state index contributed by atoms with van der Waals surface area (Å²) >= 11 is 0. The summed E-state index contributed by atoms with van der Waals surface area (Å²) in [5.74, 6) is -0.0357. The van der Waals surface area contributed by atoms with Crippen molar-refractivity contribution in [3.05, 3.63) is 0 Å². The van der Waals surface area contributed by atoms with E-state index in [1.807, 2.05) is 0 Å². The summed E-state index contributed by atoms with van der Waals surface area (Å²) in [5.41, 5.74) is 5.22. The summed E-state index contributed by atoms with van der Waals surface area (Å²) in [5, 5.41) is 7.11. The van der Waals surface area contributed by atoms with Gasteiger partial charge in [0.25, 0.3) is 10.2 Å². The van der Waals surface area contributed by atoms with Crippen LogP contribution in [-0.4, -0.2) is 51.9 Å². The second-order valence-electron chi connectivity index (χ2n) is 3.49. The maximum atomic E-state index is 11.7. The number of hydrogen-bond donors (Lipinski definition) is 3. The first kappa shape index (κ1) is 15.3. The summed E-state index contributed by atoms with van der Waals surface area (Å²) in [6.45, 7) is 2.22. The van der Waals surface area contributed by atoms with Crippen LogP contribution in [0.2, 0.25) is 0 Å². The lowest BCUT2D eigenvalue weighted by Crippen LogP contribution is -2.45. The molecule has 0 aliphatic rings. The van der Waals surface area contributed by atoms with Gasteiger partial charge in [0.15, 0.2) is 0 Å². The van der Waals surface area contributed by atoms with Gasteiger partial charge in [0, 0.05) is 33.2 Å². The quantitative estimate of drug-likeness (QED) is 0.296. The molecule has 0 spiro atoms. The predicted molar refractivity (Wildman–Crippen MR) is 62.6 cm³/mol. The molecule has 1 atom stereocenters. The van der Waals surface area contributed by atoms with E-state index in [9.17, 15) is 8.42 Å². The van der Waals surface area contributed by atoms with E-state index in [0.29, 0.717) is 6.61 Å². The number of nitrogens with one attached hydrogen (secondary N) is 2. The maximum absolute atomic E-state index is 11.7. The Labute approximate surface area is 96.6 Å². The normalized spacial score (nSPS) is 14.0. The summed E-state index contributed by atoms with van der Waals surface area (Å²) in [7, 11) is -0.583. The third-order valence-electron chi connectivity index (χ3n) is 2.11. The van der Waals surface area contributed by atoms with Crippen LogP contribution in [0.3, 0.4) is 0 Å². The van der Waals surface area contributed by atoms with E-state index in [0.717, 1.165) is 4.31 Å². The highest BCUT2D eigenvalue weighted by molar-refractivity contribution is 7.87. The third-order valence-corrected chi connectivity index (χ3v) is 3.79. The zero-order valence-corrected chi connectivity index (χ0v) is 10.7. The minimum Gasteiger partial charge on any atom is -0.388 e. The topological polar surface area (TPSA) is 109 Å². The van der Waals surface area contributed by atoms with Crippen molar-refractivity contribution < 1.29 is 13.2 Å². The zero-order valence-electron chi connectivity index (χ0n) is 9.86. The Balaban J connectivity index is 4.33. The number of methoxy groups -OCH3 is 1. The summed E-state index contributed by atoms with van der Waals surface area (Å²) in [6.07, 6.45) is 0.210. The Morgan fingerprint density at radius 3 is 2.62 bits per heavy atom. The molecule has 0 rings (SSSR count). The van der Waals surface area contributed by atoms with Crippen LogP contribution < -0.4 is 10.5 Å². The smallest absolute Gasteiger partial charge is 0.279 e. The molecular formula is C8H20N4O3S. The van der Waals surface area contributed by atoms with Gasteiger partial charge < -0.3 is 10.5 Å². The molecule has 96 valence electrons. The first-order chi connectivity index (χ1) is 7.31. The molecule has 0 aromatic heterocycles. The monoisotopic (exact) mass is 252 g/mol. The first-order valence-electron chi connectivity index (χ1n) is 4.85. The average molecular weight is 252 g/mol. The van der Waals surface area contributed by atoms with Crippen molar-refractivity contribution in [2.24, 2.45) is 5.73 Å². The second-order valence-corrected chi connectivity index (χ2v) is 5.30. The molecule has 1 unspecified atom stereocenters. The van der Waals surface area contributed by atoms with E-state index >= 15 is 0 Å². The van der Waals surface area contributed by atoms with E-state index in [2.05, 4.69) is 4.72 Å². The highest BCUT2D eigenvalue weighted by atomic mass is 32.2. The highest BCUT2D eigenvalue weighted by Gasteiger charge is 2.22. The van der Waals surface area contributed by atoms with Gasteiger partial charge in [0.05, 0.1) is 12.4 Å². The van der Waals surface area contributed by atoms with Crippen LogP contribution in [0.1, 0.15) is 13.3 Å². The molecule has 16 heavy (non-hydrogen) atoms. The van der Waals surface area contributed by atoms with Crippen molar-refractivity contribution in [2.75, 3.05) is 27.3 Å². The van der Waals surface area contributed by atoms with Crippen molar-refractivity contribution in [3.8, 4) is 0 Å². The van der Waals surface area contributed by atoms with E-state index < -0.39 is 10.2 Å². The molecule has 0 fully saturated rings. The van der Waals surface area contributed by atoms with Gasteiger partial charge in [0.2, 0.25) is 0 Å². The molecule has 8 heteroatoms. The van der Waals surface area contributed by atoms with Crippen LogP contribution in [0, 0.1) is 5.41 Å². The lowest BCUT2D eigenvalue weighted by atomic mass is 10.2. The fourth-order valence-electron chi connectivity index (χ4n) is 1.06. The van der Waals surface area contributed by atoms with Crippen molar-refractivity contribution in [1.82, 2.24) is 9.03 Å². The van der Waals surface area contributed by atoms with Gasteiger partial charge in [-0.3, -0.25) is 5.41 Å². The van der Waals surface area contributed by atoms with Gasteiger partial charge in [-0.2, -0.15) is 17.4 Å². The molecule has 0 saturated carbocycles. The zero-order chi connectivity index (χ0) is 12.8. The fourth-order valence-corrected chi connectivity index (χ4v) is 2.15. The SMILES string of the molecule is COCCNS(=O)(=O)N(C)C(C)CC(=N)N. The van der Waals surface area contributed by atoms with Crippen LogP contribution in [-0.2, 0) is 14.9 Å². The standard InChI is InChI=1S/C8H20N4O3S/c1-7(6-8(9)10)12(2)16(13,14)11-4-5-15-3/h7,11H,4-6H2,1-3H3,(H3,9,10). The van der Waals surface area contributed by atoms with Crippen molar-refractivity contribution >= 4 is 16.0 Å². The minimum atomic E-state index is -3.53. The molecule has 0 radical (unpaired) electrons. The average Bonchev–Trinajstić information content (AvgIpc) is 2.15. The maximum Gasteiger partial charge on any atom is 0.279 e. The number of amidine groups is 1. The van der Waals surface area contributed by atoms with E-state index in [-0.39, 0.29) is 24.8 Å². The van der Waals surface area contributed by atoms with Crippen molar-refractivity contribution in [2.45, 2.75) is 19.4 Å². The van der Waals surface area contributed by atoms with Crippen LogP contribution >= 0.6 is 0 Å². The molecule has 0 heterocycles. The number of hydrogen-bond acceptors (Lipinski definition) is 4. The van der Waals surface area contributed by atoms with Crippen LogP contribution in [0.4, 0.5) is 0 Å². The Bertz CT molecular complexity index is 317. The number of ether oxygens (including phenoxy) is 1. The number of nitrogens with zero attached hydrogens (tertiary/aromatic N) is 1. The molecule has 4 N–H and O–H groups in total. The third kappa shape index (κ3) is 5.40. The molecule has 0 aliphatic carbocycles. The Kier molecular flexibility index (Phi) is 6.49. The van der Waals surface area contributed by atoms with E-state index in [1.165, 1.54) is 14.2 Å². The molecule has 7 nitrogen and oxygen atoms in total. The van der Waals surface area contributed by atoms with Crippen LogP contribution in [0.5, 0.6) is 0 Å². The van der Waals surface area contributed by atoms with Crippen LogP contribution in [0.15, 0.2) is 0 Å². The Hall–Kier alpha value is -0.700. The van der Waals surface area contributed by atoms with Gasteiger partial charge in [-0.25, -0.2) is 0 Å². The largest absolute Gasteiger partial charge is 0.388 e. The second kappa shape index (κ2) is 6.79. The minimum absolute atomic E-state index is 0.0357. The van der Waals surface area contributed by atoms with Gasteiger partial charge >= 0.3 is 0 Å². The van der Waals surface area contributed by atoms with Crippen molar-refractivity contribution in [1.29, 1.82) is 5.41 Å². The lowest BCUT2D eigenvalue weighted by Gasteiger charge is -2.23. The van der Waals surface area contributed by atoms with Gasteiger partial charge in [-0.05, 0) is 6.92 Å². The molecule has 0 aromatic carbocycles. The van der Waals surface area contributed by atoms with E-state index in [4.69, 9.17) is 15.9 Å². The summed E-state index contributed by atoms with van der Waals surface area (Å²) in [4.78, 5) is 0. The summed E-state index contributed by atoms with van der Waals surface area (Å²) < 4.78 is 31.6. The van der Waals surface area contributed by atoms with E-state index in [1.54, 1.807) is 6.92 Å². The van der Waals surface area contributed by atoms with Gasteiger partial charge in [-0.1, -0.05) is 0 Å². The van der Waals surface area contributed by atoms with Gasteiger partial charge in [0.1, 0.15) is 0 Å². The number of rotatable bonds is 8. The summed E-state index contributed by atoms with van der Waals surface area (Å²) in [6, 6.07) is -0.349. The van der Waals surface area contributed by atoms with Gasteiger partial charge in [-0.15, -0.1) is 0 Å².